The average Bonchev–Trinajstić information content (AvgIpc) is 2.21. The van der Waals surface area contributed by atoms with Crippen LogP contribution in [0.5, 0.6) is 0 Å². The van der Waals surface area contributed by atoms with Gasteiger partial charge in [0.2, 0.25) is 0 Å². The minimum atomic E-state index is 0.962. The van der Waals surface area contributed by atoms with Gasteiger partial charge in [-0.25, -0.2) is 0 Å². The van der Waals surface area contributed by atoms with Gasteiger partial charge in [0, 0.05) is 0 Å². The van der Waals surface area contributed by atoms with E-state index in [1.165, 1.54) is 50.9 Å². The minimum Gasteiger partial charge on any atom is -0.303 e. The van der Waals surface area contributed by atoms with Gasteiger partial charge in [-0.2, -0.15) is 0 Å². The maximum absolute atomic E-state index is 2.63. The molecule has 0 bridgehead atoms. The molecule has 1 aliphatic rings. The number of allylic oxidation sites excluding steroid dienone is 2. The summed E-state index contributed by atoms with van der Waals surface area (Å²) in [7, 11) is 0. The zero-order valence-corrected chi connectivity index (χ0v) is 10.1. The molecular formula is C13H25N. The number of hydrogen-bond acceptors (Lipinski definition) is 1. The Morgan fingerprint density at radius 2 is 2.00 bits per heavy atom. The van der Waals surface area contributed by atoms with Gasteiger partial charge >= 0.3 is 0 Å². The van der Waals surface area contributed by atoms with Gasteiger partial charge < -0.3 is 4.90 Å². The molecule has 0 saturated carbocycles. The standard InChI is InChI=1S/C13H25N/c1-4-12(2)6-5-9-14-10-7-13(3)8-11-14/h4,13H,5-11H2,1-3H3/b12-4+. The van der Waals surface area contributed by atoms with Crippen molar-refractivity contribution in [2.75, 3.05) is 19.6 Å². The van der Waals surface area contributed by atoms with Crippen LogP contribution in [0.25, 0.3) is 0 Å². The van der Waals surface area contributed by atoms with Crippen molar-refractivity contribution in [3.8, 4) is 0 Å². The normalized spacial score (nSPS) is 21.5. The molecular weight excluding hydrogens is 170 g/mol. The molecule has 0 atom stereocenters. The van der Waals surface area contributed by atoms with E-state index in [2.05, 4.69) is 31.7 Å². The average molecular weight is 195 g/mol. The quantitative estimate of drug-likeness (QED) is 0.621. The summed E-state index contributed by atoms with van der Waals surface area (Å²) in [6.45, 7) is 10.7. The minimum absolute atomic E-state index is 0.962. The van der Waals surface area contributed by atoms with Crippen molar-refractivity contribution < 1.29 is 0 Å². The van der Waals surface area contributed by atoms with Crippen molar-refractivity contribution in [3.05, 3.63) is 11.6 Å². The molecule has 0 aromatic heterocycles. The Hall–Kier alpha value is -0.300. The van der Waals surface area contributed by atoms with E-state index in [-0.39, 0.29) is 0 Å². The second-order valence-electron chi connectivity index (χ2n) is 4.76. The second-order valence-corrected chi connectivity index (χ2v) is 4.76. The number of nitrogens with zero attached hydrogens (tertiary/aromatic N) is 1. The van der Waals surface area contributed by atoms with E-state index >= 15 is 0 Å². The molecule has 1 fully saturated rings. The molecule has 1 nitrogen and oxygen atoms in total. The van der Waals surface area contributed by atoms with Gasteiger partial charge in [-0.15, -0.1) is 0 Å². The number of rotatable bonds is 4. The molecule has 82 valence electrons. The zero-order valence-electron chi connectivity index (χ0n) is 10.1. The lowest BCUT2D eigenvalue weighted by molar-refractivity contribution is 0.191. The summed E-state index contributed by atoms with van der Waals surface area (Å²) in [5, 5.41) is 0. The third kappa shape index (κ3) is 4.28. The van der Waals surface area contributed by atoms with Crippen LogP contribution in [0.1, 0.15) is 46.5 Å². The van der Waals surface area contributed by atoms with Crippen LogP contribution >= 0.6 is 0 Å². The fourth-order valence-electron chi connectivity index (χ4n) is 2.01. The predicted molar refractivity (Wildman–Crippen MR) is 63.5 cm³/mol. The molecule has 1 heterocycles. The summed E-state index contributed by atoms with van der Waals surface area (Å²) in [6, 6.07) is 0. The van der Waals surface area contributed by atoms with E-state index in [0.29, 0.717) is 0 Å². The lowest BCUT2D eigenvalue weighted by Crippen LogP contribution is -2.33. The summed E-state index contributed by atoms with van der Waals surface area (Å²) in [4.78, 5) is 2.63. The van der Waals surface area contributed by atoms with Gasteiger partial charge in [0.1, 0.15) is 0 Å². The molecule has 0 radical (unpaired) electrons. The van der Waals surface area contributed by atoms with E-state index < -0.39 is 0 Å². The van der Waals surface area contributed by atoms with Crippen molar-refractivity contribution in [1.82, 2.24) is 4.90 Å². The Morgan fingerprint density at radius 3 is 2.57 bits per heavy atom. The van der Waals surface area contributed by atoms with Gasteiger partial charge in [-0.3, -0.25) is 0 Å². The molecule has 0 aromatic carbocycles. The first-order valence-electron chi connectivity index (χ1n) is 6.06. The van der Waals surface area contributed by atoms with Crippen LogP contribution in [0.3, 0.4) is 0 Å². The number of hydrogen-bond donors (Lipinski definition) is 0. The lowest BCUT2D eigenvalue weighted by atomic mass is 9.99. The second kappa shape index (κ2) is 6.23. The first-order valence-corrected chi connectivity index (χ1v) is 6.06. The van der Waals surface area contributed by atoms with E-state index in [1.54, 1.807) is 0 Å². The summed E-state index contributed by atoms with van der Waals surface area (Å²) < 4.78 is 0. The van der Waals surface area contributed by atoms with Crippen LogP contribution in [0.15, 0.2) is 11.6 Å². The van der Waals surface area contributed by atoms with Crippen molar-refractivity contribution in [3.63, 3.8) is 0 Å². The van der Waals surface area contributed by atoms with Crippen molar-refractivity contribution >= 4 is 0 Å². The summed E-state index contributed by atoms with van der Waals surface area (Å²) >= 11 is 0. The molecule has 0 aliphatic carbocycles. The van der Waals surface area contributed by atoms with Gasteiger partial charge in [-0.05, 0) is 65.1 Å². The Bertz CT molecular complexity index is 176. The molecule has 0 N–H and O–H groups in total. The van der Waals surface area contributed by atoms with Crippen LogP contribution < -0.4 is 0 Å². The summed E-state index contributed by atoms with van der Waals surface area (Å²) in [5.41, 5.74) is 1.54. The van der Waals surface area contributed by atoms with Crippen molar-refractivity contribution in [2.45, 2.75) is 46.5 Å². The molecule has 1 saturated heterocycles. The van der Waals surface area contributed by atoms with Crippen LogP contribution in [0, 0.1) is 5.92 Å². The summed E-state index contributed by atoms with van der Waals surface area (Å²) in [5.74, 6) is 0.962. The predicted octanol–water partition coefficient (Wildman–Crippen LogP) is 3.46. The van der Waals surface area contributed by atoms with E-state index in [4.69, 9.17) is 0 Å². The van der Waals surface area contributed by atoms with Crippen LogP contribution in [0.4, 0.5) is 0 Å². The van der Waals surface area contributed by atoms with Crippen molar-refractivity contribution in [2.24, 2.45) is 5.92 Å². The highest BCUT2D eigenvalue weighted by atomic mass is 15.1. The van der Waals surface area contributed by atoms with E-state index in [9.17, 15) is 0 Å². The van der Waals surface area contributed by atoms with Crippen LogP contribution in [-0.2, 0) is 0 Å². The first kappa shape index (κ1) is 11.8. The Balaban J connectivity index is 2.07. The maximum atomic E-state index is 2.63. The molecule has 14 heavy (non-hydrogen) atoms. The highest BCUT2D eigenvalue weighted by Crippen LogP contribution is 2.16. The molecule has 1 rings (SSSR count). The SMILES string of the molecule is C/C=C(\C)CCCN1CCC(C)CC1. The molecule has 0 amide bonds. The first-order chi connectivity index (χ1) is 6.72. The Labute approximate surface area is 89.2 Å². The highest BCUT2D eigenvalue weighted by molar-refractivity contribution is 4.95. The molecule has 0 unspecified atom stereocenters. The van der Waals surface area contributed by atoms with Gasteiger partial charge in [-0.1, -0.05) is 18.6 Å². The number of piperidine rings is 1. The van der Waals surface area contributed by atoms with Gasteiger partial charge in [0.05, 0.1) is 0 Å². The fourth-order valence-corrected chi connectivity index (χ4v) is 2.01. The van der Waals surface area contributed by atoms with Crippen molar-refractivity contribution in [1.29, 1.82) is 0 Å². The zero-order chi connectivity index (χ0) is 10.4. The Kier molecular flexibility index (Phi) is 5.24. The molecule has 0 aromatic rings. The lowest BCUT2D eigenvalue weighted by Gasteiger charge is -2.30. The smallest absolute Gasteiger partial charge is 0.00157 e. The van der Waals surface area contributed by atoms with E-state index in [0.717, 1.165) is 5.92 Å². The largest absolute Gasteiger partial charge is 0.303 e. The van der Waals surface area contributed by atoms with Gasteiger partial charge in [0.25, 0.3) is 0 Å². The molecule has 1 heteroatoms. The van der Waals surface area contributed by atoms with Crippen LogP contribution in [0.2, 0.25) is 0 Å². The monoisotopic (exact) mass is 195 g/mol. The third-order valence-electron chi connectivity index (χ3n) is 3.41. The van der Waals surface area contributed by atoms with E-state index in [1.807, 2.05) is 0 Å². The summed E-state index contributed by atoms with van der Waals surface area (Å²) in [6.07, 6.45) is 7.66. The fraction of sp³-hybridized carbons (Fsp3) is 0.846. The molecule has 0 spiro atoms. The highest BCUT2D eigenvalue weighted by Gasteiger charge is 2.14. The van der Waals surface area contributed by atoms with Crippen LogP contribution in [-0.4, -0.2) is 24.5 Å². The third-order valence-corrected chi connectivity index (χ3v) is 3.41. The topological polar surface area (TPSA) is 3.24 Å². The maximum Gasteiger partial charge on any atom is -0.00157 e. The Morgan fingerprint density at radius 1 is 1.36 bits per heavy atom. The molecule has 1 aliphatic heterocycles. The van der Waals surface area contributed by atoms with Gasteiger partial charge in [0.15, 0.2) is 0 Å². The number of likely N-dealkylation sites (tertiary alicyclic amines) is 1.